The maximum absolute atomic E-state index is 12.5. The van der Waals surface area contributed by atoms with E-state index in [1.54, 1.807) is 0 Å². The first-order valence-electron chi connectivity index (χ1n) is 19.1. The Morgan fingerprint density at radius 3 is 1.47 bits per heavy atom. The van der Waals surface area contributed by atoms with Crippen LogP contribution in [0.5, 0.6) is 0 Å². The summed E-state index contributed by atoms with van der Waals surface area (Å²) in [4.78, 5) is 34.7. The van der Waals surface area contributed by atoms with Gasteiger partial charge in [0.25, 0.3) is 0 Å². The molecule has 296 valence electrons. The number of phosphoric ester groups is 1. The van der Waals surface area contributed by atoms with Crippen LogP contribution >= 0.6 is 7.82 Å². The minimum atomic E-state index is -4.40. The summed E-state index contributed by atoms with van der Waals surface area (Å²) in [5.41, 5.74) is 5.33. The zero-order valence-corrected chi connectivity index (χ0v) is 33.1. The van der Waals surface area contributed by atoms with Crippen LogP contribution < -0.4 is 5.73 Å². The van der Waals surface area contributed by atoms with Crippen LogP contribution in [0.1, 0.15) is 104 Å². The van der Waals surface area contributed by atoms with Crippen LogP contribution in [0.25, 0.3) is 0 Å². The molecule has 2 unspecified atom stereocenters. The van der Waals surface area contributed by atoms with Crippen LogP contribution in [0.15, 0.2) is 122 Å². The van der Waals surface area contributed by atoms with Crippen molar-refractivity contribution in [1.29, 1.82) is 0 Å². The molecule has 0 rings (SSSR count). The molecule has 0 aliphatic heterocycles. The molecular formula is C43H66NO8P. The highest BCUT2D eigenvalue weighted by molar-refractivity contribution is 7.47. The minimum absolute atomic E-state index is 0.0347. The number of hydrogen-bond donors (Lipinski definition) is 2. The molecule has 0 fully saturated rings. The number of unbranched alkanes of at least 4 members (excludes halogenated alkanes) is 8. The molecule has 0 amide bonds. The molecule has 0 aromatic rings. The first kappa shape index (κ1) is 49.4. The number of ether oxygens (including phenoxy) is 2. The molecule has 0 saturated carbocycles. The average molecular weight is 756 g/mol. The predicted octanol–water partition coefficient (Wildman–Crippen LogP) is 10.6. The lowest BCUT2D eigenvalue weighted by Gasteiger charge is -2.19. The number of hydrogen-bond acceptors (Lipinski definition) is 8. The summed E-state index contributed by atoms with van der Waals surface area (Å²) in [6.07, 6.45) is 50.8. The summed E-state index contributed by atoms with van der Waals surface area (Å²) in [7, 11) is -4.40. The Labute approximate surface area is 320 Å². The van der Waals surface area contributed by atoms with Crippen molar-refractivity contribution in [2.24, 2.45) is 5.73 Å². The van der Waals surface area contributed by atoms with E-state index in [2.05, 4.69) is 44.2 Å². The predicted molar refractivity (Wildman–Crippen MR) is 219 cm³/mol. The Balaban J connectivity index is 4.39. The van der Waals surface area contributed by atoms with Gasteiger partial charge < -0.3 is 20.1 Å². The van der Waals surface area contributed by atoms with Crippen LogP contribution in [0.2, 0.25) is 0 Å². The van der Waals surface area contributed by atoms with Crippen molar-refractivity contribution in [2.75, 3.05) is 26.4 Å². The van der Waals surface area contributed by atoms with E-state index < -0.39 is 32.5 Å². The SMILES string of the molecule is CC/C=C/C=C/C=C/C=C/C=C/C=C/C=C/CCCCCC(=O)OCC(COP(=O)(O)OCCN)OC(=O)CCCCCCC/C=C/C=C/C=C/CC. The Morgan fingerprint density at radius 2 is 0.981 bits per heavy atom. The van der Waals surface area contributed by atoms with Crippen molar-refractivity contribution in [3.8, 4) is 0 Å². The van der Waals surface area contributed by atoms with E-state index in [0.717, 1.165) is 64.2 Å². The summed E-state index contributed by atoms with van der Waals surface area (Å²) < 4.78 is 32.6. The molecule has 0 aromatic heterocycles. The molecule has 0 bridgehead atoms. The topological polar surface area (TPSA) is 134 Å². The van der Waals surface area contributed by atoms with Gasteiger partial charge in [0.05, 0.1) is 13.2 Å². The Hall–Kier alpha value is -3.59. The molecule has 0 aliphatic carbocycles. The van der Waals surface area contributed by atoms with Crippen molar-refractivity contribution in [2.45, 2.75) is 110 Å². The summed E-state index contributed by atoms with van der Waals surface area (Å²) in [5, 5.41) is 0. The number of allylic oxidation sites excluding steroid dienone is 20. The van der Waals surface area contributed by atoms with Gasteiger partial charge in [0, 0.05) is 19.4 Å². The van der Waals surface area contributed by atoms with Crippen molar-refractivity contribution >= 4 is 19.8 Å². The fourth-order valence-electron chi connectivity index (χ4n) is 4.32. The number of phosphoric acid groups is 1. The normalized spacial score (nSPS) is 14.7. The molecule has 0 aliphatic rings. The highest BCUT2D eigenvalue weighted by atomic mass is 31.2. The van der Waals surface area contributed by atoms with E-state index in [4.69, 9.17) is 24.3 Å². The number of carbonyl (C=O) groups excluding carboxylic acids is 2. The molecule has 0 aromatic carbocycles. The van der Waals surface area contributed by atoms with Gasteiger partial charge in [-0.25, -0.2) is 4.57 Å². The standard InChI is InChI=1S/C43H66NO8P/c1-3-5-7-9-11-13-15-17-18-19-20-21-22-24-25-27-29-31-33-35-42(45)49-39-41(40-51-53(47,48)50-38-37-44)52-43(46)36-34-32-30-28-26-23-16-14-12-10-8-6-4-2/h5-22,24-25,41H,3-4,23,26-40,44H2,1-2H3,(H,47,48)/b7-5+,8-6+,11-9+,12-10+,15-13+,16-14+,18-17+,20-19+,22-21+,25-24+. The van der Waals surface area contributed by atoms with Gasteiger partial charge in [-0.3, -0.25) is 18.6 Å². The molecule has 10 heteroatoms. The van der Waals surface area contributed by atoms with Gasteiger partial charge in [0.15, 0.2) is 6.10 Å². The molecule has 2 atom stereocenters. The molecule has 53 heavy (non-hydrogen) atoms. The third-order valence-electron chi connectivity index (χ3n) is 7.10. The number of rotatable bonds is 33. The van der Waals surface area contributed by atoms with Gasteiger partial charge in [0.2, 0.25) is 0 Å². The molecular weight excluding hydrogens is 689 g/mol. The molecule has 9 nitrogen and oxygen atoms in total. The highest BCUT2D eigenvalue weighted by Gasteiger charge is 2.25. The first-order valence-corrected chi connectivity index (χ1v) is 20.6. The lowest BCUT2D eigenvalue weighted by molar-refractivity contribution is -0.161. The van der Waals surface area contributed by atoms with Crippen LogP contribution in [0.4, 0.5) is 0 Å². The first-order chi connectivity index (χ1) is 25.8. The van der Waals surface area contributed by atoms with Crippen LogP contribution in [0.3, 0.4) is 0 Å². The van der Waals surface area contributed by atoms with Crippen molar-refractivity contribution in [3.05, 3.63) is 122 Å². The zero-order chi connectivity index (χ0) is 38.9. The van der Waals surface area contributed by atoms with E-state index in [1.807, 2.05) is 91.1 Å². The number of nitrogens with two attached hydrogens (primary N) is 1. The highest BCUT2D eigenvalue weighted by Crippen LogP contribution is 2.43. The lowest BCUT2D eigenvalue weighted by atomic mass is 10.1. The third kappa shape index (κ3) is 38.0. The smallest absolute Gasteiger partial charge is 0.462 e. The number of carbonyl (C=O) groups is 2. The van der Waals surface area contributed by atoms with E-state index >= 15 is 0 Å². The van der Waals surface area contributed by atoms with Gasteiger partial charge >= 0.3 is 19.8 Å². The molecule has 0 saturated heterocycles. The Kier molecular flexibility index (Phi) is 35.6. The number of esters is 2. The van der Waals surface area contributed by atoms with Crippen molar-refractivity contribution < 1.29 is 37.6 Å². The lowest BCUT2D eigenvalue weighted by Crippen LogP contribution is -2.29. The van der Waals surface area contributed by atoms with Gasteiger partial charge in [-0.2, -0.15) is 0 Å². The maximum atomic E-state index is 12.5. The van der Waals surface area contributed by atoms with Crippen molar-refractivity contribution in [1.82, 2.24) is 0 Å². The molecule has 0 heterocycles. The van der Waals surface area contributed by atoms with Crippen LogP contribution in [-0.2, 0) is 32.7 Å². The van der Waals surface area contributed by atoms with E-state index in [1.165, 1.54) is 0 Å². The van der Waals surface area contributed by atoms with E-state index in [0.29, 0.717) is 12.8 Å². The fourth-order valence-corrected chi connectivity index (χ4v) is 5.09. The summed E-state index contributed by atoms with van der Waals surface area (Å²) >= 11 is 0. The second kappa shape index (κ2) is 38.1. The second-order valence-corrected chi connectivity index (χ2v) is 13.4. The Bertz CT molecular complexity index is 1270. The monoisotopic (exact) mass is 755 g/mol. The molecule has 0 spiro atoms. The summed E-state index contributed by atoms with van der Waals surface area (Å²) in [6, 6.07) is 0. The second-order valence-electron chi connectivity index (χ2n) is 11.9. The van der Waals surface area contributed by atoms with Gasteiger partial charge in [-0.05, 0) is 51.4 Å². The molecule has 3 N–H and O–H groups in total. The quantitative estimate of drug-likeness (QED) is 0.0290. The Morgan fingerprint density at radius 1 is 0.566 bits per heavy atom. The average Bonchev–Trinajstić information content (AvgIpc) is 3.14. The summed E-state index contributed by atoms with van der Waals surface area (Å²) in [6.45, 7) is 3.32. The third-order valence-corrected chi connectivity index (χ3v) is 8.08. The summed E-state index contributed by atoms with van der Waals surface area (Å²) in [5.74, 6) is -0.924. The van der Waals surface area contributed by atoms with Gasteiger partial charge in [0.1, 0.15) is 6.61 Å². The van der Waals surface area contributed by atoms with Gasteiger partial charge in [-0.1, -0.05) is 161 Å². The zero-order valence-electron chi connectivity index (χ0n) is 32.2. The van der Waals surface area contributed by atoms with E-state index in [9.17, 15) is 19.0 Å². The van der Waals surface area contributed by atoms with E-state index in [-0.39, 0.29) is 32.6 Å². The van der Waals surface area contributed by atoms with Crippen LogP contribution in [-0.4, -0.2) is 49.3 Å². The van der Waals surface area contributed by atoms with Crippen molar-refractivity contribution in [3.63, 3.8) is 0 Å². The minimum Gasteiger partial charge on any atom is -0.462 e. The van der Waals surface area contributed by atoms with Crippen LogP contribution in [0, 0.1) is 0 Å². The largest absolute Gasteiger partial charge is 0.472 e. The van der Waals surface area contributed by atoms with Gasteiger partial charge in [-0.15, -0.1) is 0 Å². The molecule has 0 radical (unpaired) electrons. The maximum Gasteiger partial charge on any atom is 0.472 e. The fraction of sp³-hybridized carbons (Fsp3) is 0.488.